The van der Waals surface area contributed by atoms with Gasteiger partial charge in [-0.05, 0) is 56.7 Å². The molecular weight excluding hydrogens is 644 g/mol. The zero-order chi connectivity index (χ0) is 36.6. The maximum Gasteiger partial charge on any atom is 0.408 e. The topological polar surface area (TPSA) is 163 Å². The molecule has 270 valence electrons. The summed E-state index contributed by atoms with van der Waals surface area (Å²) in [6, 6.07) is 6.89. The highest BCUT2D eigenvalue weighted by atomic mass is 16.6. The normalized spacial score (nSPS) is 22.4. The summed E-state index contributed by atoms with van der Waals surface area (Å²) in [5.41, 5.74) is -2.12. The summed E-state index contributed by atoms with van der Waals surface area (Å²) >= 11 is 0. The molecule has 3 aromatic rings. The second-order valence-electron chi connectivity index (χ2n) is 15.0. The van der Waals surface area contributed by atoms with Crippen LogP contribution in [0.2, 0.25) is 0 Å². The van der Waals surface area contributed by atoms with Crippen LogP contribution in [0.5, 0.6) is 11.5 Å². The number of likely N-dealkylation sites (tertiary alicyclic amines) is 1. The van der Waals surface area contributed by atoms with E-state index in [0.717, 1.165) is 0 Å². The number of pyridine rings is 1. The lowest BCUT2D eigenvalue weighted by Gasteiger charge is -2.36. The Labute approximate surface area is 292 Å². The highest BCUT2D eigenvalue weighted by Gasteiger charge is 2.62. The van der Waals surface area contributed by atoms with Crippen LogP contribution in [0, 0.1) is 11.3 Å². The summed E-state index contributed by atoms with van der Waals surface area (Å²) in [4.78, 5) is 60.7. The van der Waals surface area contributed by atoms with Gasteiger partial charge in [0.2, 0.25) is 11.8 Å². The number of hydrogen-bond donors (Lipinski definition) is 2. The molecular formula is C36H48N6O8. The largest absolute Gasteiger partial charge is 0.497 e. The van der Waals surface area contributed by atoms with Gasteiger partial charge < -0.3 is 34.5 Å². The number of methoxy groups -OCH3 is 2. The SMILES string of the molecule is CC[C@@H]1C[C@]1(NC(=O)[C@@H]1C[C@@H](Oc2cc(-n3cccn3)nc3cc(OC)ccc23)CN1C(=O)[C@@H](NC(=O)OC(C)(C)C)C(C)(C)C)C(=O)OC. The fourth-order valence-corrected chi connectivity index (χ4v) is 6.47. The predicted molar refractivity (Wildman–Crippen MR) is 184 cm³/mol. The quantitative estimate of drug-likeness (QED) is 0.295. The summed E-state index contributed by atoms with van der Waals surface area (Å²) in [5, 5.41) is 10.7. The lowest BCUT2D eigenvalue weighted by molar-refractivity contribution is -0.148. The molecule has 0 radical (unpaired) electrons. The second-order valence-corrected chi connectivity index (χ2v) is 15.0. The maximum atomic E-state index is 14.5. The van der Waals surface area contributed by atoms with Gasteiger partial charge in [-0.1, -0.05) is 34.1 Å². The van der Waals surface area contributed by atoms with E-state index in [1.54, 1.807) is 69.2 Å². The van der Waals surface area contributed by atoms with Crippen LogP contribution in [0.4, 0.5) is 4.79 Å². The molecule has 5 atom stereocenters. The number of nitrogens with zero attached hydrogens (tertiary/aromatic N) is 4. The maximum absolute atomic E-state index is 14.5. The van der Waals surface area contributed by atoms with Crippen molar-refractivity contribution in [3.05, 3.63) is 42.7 Å². The Morgan fingerprint density at radius 1 is 1.08 bits per heavy atom. The van der Waals surface area contributed by atoms with Crippen LogP contribution in [0.15, 0.2) is 42.7 Å². The van der Waals surface area contributed by atoms with Gasteiger partial charge in [-0.3, -0.25) is 9.59 Å². The molecule has 14 heteroatoms. The molecule has 2 aromatic heterocycles. The standard InChI is InChI=1S/C36H48N6O8/c1-10-21-19-36(21,32(45)48-9)40-30(43)26-17-23(20-41(26)31(44)29(34(2,3)4)39-33(46)50-35(5,6)7)49-27-18-28(42-15-11-14-37-42)38-25-16-22(47-8)12-13-24(25)27/h11-16,18,21,23,26,29H,10,17,19-20H2,1-9H3,(H,39,46)(H,40,43)/t21-,23-,26+,29-,36-/m1/s1. The molecule has 2 fully saturated rings. The van der Waals surface area contributed by atoms with E-state index in [1.165, 1.54) is 12.0 Å². The number of amides is 3. The van der Waals surface area contributed by atoms with Gasteiger partial charge in [-0.25, -0.2) is 19.3 Å². The Balaban J connectivity index is 1.50. The van der Waals surface area contributed by atoms with Crippen molar-refractivity contribution in [2.24, 2.45) is 11.3 Å². The van der Waals surface area contributed by atoms with E-state index in [0.29, 0.717) is 41.1 Å². The number of hydrogen-bond acceptors (Lipinski definition) is 10. The fraction of sp³-hybridized carbons (Fsp3) is 0.556. The van der Waals surface area contributed by atoms with Crippen molar-refractivity contribution in [2.75, 3.05) is 20.8 Å². The summed E-state index contributed by atoms with van der Waals surface area (Å²) in [6.45, 7) is 12.6. The molecule has 14 nitrogen and oxygen atoms in total. The Bertz CT molecular complexity index is 1750. The third-order valence-corrected chi connectivity index (χ3v) is 9.11. The smallest absolute Gasteiger partial charge is 0.408 e. The van der Waals surface area contributed by atoms with Gasteiger partial charge >= 0.3 is 12.1 Å². The first-order chi connectivity index (χ1) is 23.5. The van der Waals surface area contributed by atoms with Gasteiger partial charge in [0, 0.05) is 36.3 Å². The fourth-order valence-electron chi connectivity index (χ4n) is 6.47. The molecule has 0 bridgehead atoms. The van der Waals surface area contributed by atoms with Gasteiger partial charge in [-0.15, -0.1) is 0 Å². The molecule has 2 aliphatic rings. The first-order valence-electron chi connectivity index (χ1n) is 16.9. The number of benzene rings is 1. The van der Waals surface area contributed by atoms with Crippen molar-refractivity contribution in [2.45, 2.75) is 97.1 Å². The number of carbonyl (C=O) groups is 4. The van der Waals surface area contributed by atoms with Gasteiger partial charge in [0.15, 0.2) is 5.82 Å². The average molecular weight is 693 g/mol. The van der Waals surface area contributed by atoms with E-state index in [1.807, 2.05) is 33.8 Å². The zero-order valence-corrected chi connectivity index (χ0v) is 30.2. The van der Waals surface area contributed by atoms with Crippen molar-refractivity contribution in [3.63, 3.8) is 0 Å². The van der Waals surface area contributed by atoms with E-state index in [9.17, 15) is 19.2 Å². The van der Waals surface area contributed by atoms with E-state index in [4.69, 9.17) is 23.9 Å². The third-order valence-electron chi connectivity index (χ3n) is 9.11. The van der Waals surface area contributed by atoms with Crippen molar-refractivity contribution in [1.29, 1.82) is 0 Å². The number of fused-ring (bicyclic) bond motifs is 1. The number of aromatic nitrogens is 3. The summed E-state index contributed by atoms with van der Waals surface area (Å²) in [6.07, 6.45) is 3.23. The predicted octanol–water partition coefficient (Wildman–Crippen LogP) is 4.17. The lowest BCUT2D eigenvalue weighted by atomic mass is 9.85. The second kappa shape index (κ2) is 13.8. The van der Waals surface area contributed by atoms with Crippen LogP contribution < -0.4 is 20.1 Å². The first kappa shape index (κ1) is 36.4. The number of nitrogens with one attached hydrogen (secondary N) is 2. The van der Waals surface area contributed by atoms with Gasteiger partial charge in [0.05, 0.1) is 26.3 Å². The zero-order valence-electron chi connectivity index (χ0n) is 30.2. The van der Waals surface area contributed by atoms with Crippen LogP contribution in [0.25, 0.3) is 16.7 Å². The molecule has 3 amide bonds. The molecule has 5 rings (SSSR count). The van der Waals surface area contributed by atoms with E-state index in [2.05, 4.69) is 15.7 Å². The lowest BCUT2D eigenvalue weighted by Crippen LogP contribution is -2.59. The summed E-state index contributed by atoms with van der Waals surface area (Å²) < 4.78 is 24.2. The number of esters is 1. The summed E-state index contributed by atoms with van der Waals surface area (Å²) in [5.74, 6) is -0.0132. The van der Waals surface area contributed by atoms with Crippen molar-refractivity contribution < 1.29 is 38.1 Å². The number of rotatable bonds is 10. The van der Waals surface area contributed by atoms with E-state index in [-0.39, 0.29) is 18.9 Å². The molecule has 50 heavy (non-hydrogen) atoms. The highest BCUT2D eigenvalue weighted by Crippen LogP contribution is 2.47. The van der Waals surface area contributed by atoms with Crippen LogP contribution in [-0.4, -0.2) is 93.6 Å². The molecule has 0 spiro atoms. The number of ether oxygens (including phenoxy) is 4. The van der Waals surface area contributed by atoms with Crippen molar-refractivity contribution >= 4 is 34.8 Å². The molecule has 1 aliphatic carbocycles. The van der Waals surface area contributed by atoms with Crippen LogP contribution >= 0.6 is 0 Å². The van der Waals surface area contributed by atoms with Crippen LogP contribution in [0.1, 0.15) is 67.7 Å². The molecule has 1 aliphatic heterocycles. The molecule has 3 heterocycles. The number of alkyl carbamates (subject to hydrolysis) is 1. The Morgan fingerprint density at radius 2 is 1.82 bits per heavy atom. The molecule has 1 aromatic carbocycles. The third kappa shape index (κ3) is 7.63. The Morgan fingerprint density at radius 3 is 2.40 bits per heavy atom. The molecule has 2 N–H and O–H groups in total. The average Bonchev–Trinajstić information content (AvgIpc) is 3.35. The summed E-state index contributed by atoms with van der Waals surface area (Å²) in [7, 11) is 2.86. The van der Waals surface area contributed by atoms with Gasteiger partial charge in [0.1, 0.15) is 40.8 Å². The monoisotopic (exact) mass is 692 g/mol. The Kier molecular flexibility index (Phi) is 10.0. The first-order valence-corrected chi connectivity index (χ1v) is 16.9. The van der Waals surface area contributed by atoms with Crippen LogP contribution in [0.3, 0.4) is 0 Å². The van der Waals surface area contributed by atoms with Crippen molar-refractivity contribution in [3.8, 4) is 17.3 Å². The molecule has 1 saturated heterocycles. The minimum absolute atomic E-state index is 0.0268. The highest BCUT2D eigenvalue weighted by molar-refractivity contribution is 5.96. The van der Waals surface area contributed by atoms with Gasteiger partial charge in [-0.2, -0.15) is 5.10 Å². The number of carbonyl (C=O) groups excluding carboxylic acids is 4. The Hall–Kier alpha value is -4.88. The molecule has 1 saturated carbocycles. The molecule has 0 unspecified atom stereocenters. The van der Waals surface area contributed by atoms with Crippen molar-refractivity contribution in [1.82, 2.24) is 30.3 Å². The van der Waals surface area contributed by atoms with E-state index < -0.39 is 58.6 Å². The van der Waals surface area contributed by atoms with E-state index >= 15 is 0 Å². The van der Waals surface area contributed by atoms with Gasteiger partial charge in [0.25, 0.3) is 0 Å². The van der Waals surface area contributed by atoms with Crippen LogP contribution in [-0.2, 0) is 23.9 Å². The minimum Gasteiger partial charge on any atom is -0.497 e. The minimum atomic E-state index is -1.16.